The lowest BCUT2D eigenvalue weighted by Crippen LogP contribution is -2.24. The van der Waals surface area contributed by atoms with E-state index in [2.05, 4.69) is 4.74 Å². The van der Waals surface area contributed by atoms with Crippen LogP contribution in [0.1, 0.15) is 10.4 Å². The lowest BCUT2D eigenvalue weighted by molar-refractivity contribution is -0.275. The van der Waals surface area contributed by atoms with Crippen LogP contribution >= 0.6 is 0 Å². The summed E-state index contributed by atoms with van der Waals surface area (Å²) < 4.78 is 38.8. The van der Waals surface area contributed by atoms with Gasteiger partial charge in [0.05, 0.1) is 5.97 Å². The first-order valence-electron chi connectivity index (χ1n) is 3.66. The van der Waals surface area contributed by atoms with Crippen molar-refractivity contribution in [3.05, 3.63) is 23.8 Å². The summed E-state index contributed by atoms with van der Waals surface area (Å²) in [6.45, 7) is 0. The Morgan fingerprint density at radius 1 is 1.40 bits per heavy atom. The number of carbonyl (C=O) groups excluding carboxylic acids is 1. The van der Waals surface area contributed by atoms with Crippen LogP contribution in [0.25, 0.3) is 0 Å². The SMILES string of the molecule is Nc1ccc(OC(F)(F)F)cc1C(=O)[O-]. The number of carbonyl (C=O) groups is 1. The molecule has 0 amide bonds. The summed E-state index contributed by atoms with van der Waals surface area (Å²) in [5.41, 5.74) is 4.46. The minimum Gasteiger partial charge on any atom is -0.545 e. The predicted molar refractivity (Wildman–Crippen MR) is 41.9 cm³/mol. The molecule has 0 saturated carbocycles. The van der Waals surface area contributed by atoms with Crippen molar-refractivity contribution in [3.8, 4) is 5.75 Å². The summed E-state index contributed by atoms with van der Waals surface area (Å²) in [4.78, 5) is 10.4. The molecule has 0 unspecified atom stereocenters. The Morgan fingerprint density at radius 2 is 2.00 bits per heavy atom. The van der Waals surface area contributed by atoms with Gasteiger partial charge in [-0.05, 0) is 18.2 Å². The zero-order valence-corrected chi connectivity index (χ0v) is 7.17. The molecule has 0 radical (unpaired) electrons. The largest absolute Gasteiger partial charge is 0.573 e. The van der Waals surface area contributed by atoms with Gasteiger partial charge in [-0.1, -0.05) is 0 Å². The van der Waals surface area contributed by atoms with Gasteiger partial charge in [-0.15, -0.1) is 13.2 Å². The number of benzene rings is 1. The molecule has 0 aliphatic heterocycles. The van der Waals surface area contributed by atoms with Gasteiger partial charge in [0.25, 0.3) is 0 Å². The van der Waals surface area contributed by atoms with E-state index in [0.717, 1.165) is 12.1 Å². The van der Waals surface area contributed by atoms with E-state index in [1.54, 1.807) is 0 Å². The molecule has 1 rings (SSSR count). The van der Waals surface area contributed by atoms with Gasteiger partial charge in [0.1, 0.15) is 5.75 Å². The van der Waals surface area contributed by atoms with Gasteiger partial charge in [0, 0.05) is 11.3 Å². The van der Waals surface area contributed by atoms with E-state index in [1.165, 1.54) is 0 Å². The average Bonchev–Trinajstić information content (AvgIpc) is 2.05. The molecule has 0 fully saturated rings. The van der Waals surface area contributed by atoms with Crippen molar-refractivity contribution in [3.63, 3.8) is 0 Å². The molecule has 0 aliphatic rings. The van der Waals surface area contributed by atoms with Crippen molar-refractivity contribution >= 4 is 11.7 Å². The number of hydrogen-bond acceptors (Lipinski definition) is 4. The summed E-state index contributed by atoms with van der Waals surface area (Å²) in [6.07, 6.45) is -4.88. The Morgan fingerprint density at radius 3 is 2.47 bits per heavy atom. The molecule has 15 heavy (non-hydrogen) atoms. The molecule has 0 aromatic heterocycles. The third-order valence-corrected chi connectivity index (χ3v) is 1.48. The second-order valence-corrected chi connectivity index (χ2v) is 2.58. The lowest BCUT2D eigenvalue weighted by atomic mass is 10.2. The number of nitrogen functional groups attached to an aromatic ring is 1. The maximum absolute atomic E-state index is 11.8. The fourth-order valence-corrected chi connectivity index (χ4v) is 0.909. The molecule has 1 aromatic carbocycles. The topological polar surface area (TPSA) is 75.4 Å². The highest BCUT2D eigenvalue weighted by Crippen LogP contribution is 2.25. The number of anilines is 1. The third kappa shape index (κ3) is 3.04. The second-order valence-electron chi connectivity index (χ2n) is 2.58. The molecular formula is C8H5F3NO3-. The molecule has 4 nitrogen and oxygen atoms in total. The van der Waals surface area contributed by atoms with Crippen molar-refractivity contribution in [1.82, 2.24) is 0 Å². The number of carboxylic acids is 1. The van der Waals surface area contributed by atoms with Crippen molar-refractivity contribution in [2.45, 2.75) is 6.36 Å². The van der Waals surface area contributed by atoms with Crippen molar-refractivity contribution < 1.29 is 27.8 Å². The standard InChI is InChI=1S/C8H6F3NO3/c9-8(10,11)15-4-1-2-6(12)5(3-4)7(13)14/h1-3H,12H2,(H,13,14)/p-1. The summed E-state index contributed by atoms with van der Waals surface area (Å²) in [6, 6.07) is 2.56. The van der Waals surface area contributed by atoms with Gasteiger partial charge in [0.15, 0.2) is 0 Å². The molecule has 82 valence electrons. The molecule has 0 aliphatic carbocycles. The van der Waals surface area contributed by atoms with Gasteiger partial charge in [-0.3, -0.25) is 0 Å². The maximum atomic E-state index is 11.8. The van der Waals surface area contributed by atoms with Crippen LogP contribution in [-0.4, -0.2) is 12.3 Å². The van der Waals surface area contributed by atoms with Crippen LogP contribution in [-0.2, 0) is 0 Å². The zero-order chi connectivity index (χ0) is 11.6. The van der Waals surface area contributed by atoms with E-state index >= 15 is 0 Å². The Balaban J connectivity index is 3.03. The maximum Gasteiger partial charge on any atom is 0.573 e. The first-order chi connectivity index (χ1) is 6.79. The molecule has 1 aromatic rings. The first-order valence-corrected chi connectivity index (χ1v) is 3.66. The van der Waals surface area contributed by atoms with Crippen LogP contribution in [0, 0.1) is 0 Å². The highest BCUT2D eigenvalue weighted by molar-refractivity contribution is 5.92. The minimum absolute atomic E-state index is 0.190. The molecule has 0 saturated heterocycles. The van der Waals surface area contributed by atoms with E-state index in [0.29, 0.717) is 6.07 Å². The molecular weight excluding hydrogens is 215 g/mol. The van der Waals surface area contributed by atoms with E-state index in [-0.39, 0.29) is 5.69 Å². The highest BCUT2D eigenvalue weighted by Gasteiger charge is 2.31. The predicted octanol–water partition coefficient (Wildman–Crippen LogP) is 0.531. The summed E-state index contributed by atoms with van der Waals surface area (Å²) in [7, 11) is 0. The van der Waals surface area contributed by atoms with Gasteiger partial charge >= 0.3 is 6.36 Å². The molecule has 7 heteroatoms. The highest BCUT2D eigenvalue weighted by atomic mass is 19.4. The molecule has 0 bridgehead atoms. The van der Waals surface area contributed by atoms with E-state index in [9.17, 15) is 23.1 Å². The smallest absolute Gasteiger partial charge is 0.545 e. The monoisotopic (exact) mass is 220 g/mol. The fourth-order valence-electron chi connectivity index (χ4n) is 0.909. The number of ether oxygens (including phenoxy) is 1. The van der Waals surface area contributed by atoms with Crippen LogP contribution in [0.4, 0.5) is 18.9 Å². The number of rotatable bonds is 2. The van der Waals surface area contributed by atoms with E-state index < -0.39 is 23.6 Å². The Kier molecular flexibility index (Phi) is 2.74. The van der Waals surface area contributed by atoms with Crippen molar-refractivity contribution in [1.29, 1.82) is 0 Å². The summed E-state index contributed by atoms with van der Waals surface area (Å²) >= 11 is 0. The molecule has 0 atom stereocenters. The zero-order valence-electron chi connectivity index (χ0n) is 7.17. The third-order valence-electron chi connectivity index (χ3n) is 1.48. The van der Waals surface area contributed by atoms with Gasteiger partial charge in [0.2, 0.25) is 0 Å². The van der Waals surface area contributed by atoms with Crippen LogP contribution in [0.15, 0.2) is 18.2 Å². The Bertz CT molecular complexity index is 389. The molecule has 2 N–H and O–H groups in total. The molecule has 0 spiro atoms. The Labute approximate surface area is 82.1 Å². The van der Waals surface area contributed by atoms with Crippen molar-refractivity contribution in [2.24, 2.45) is 0 Å². The number of aromatic carboxylic acids is 1. The van der Waals surface area contributed by atoms with Gasteiger partial charge < -0.3 is 20.4 Å². The van der Waals surface area contributed by atoms with Gasteiger partial charge in [-0.25, -0.2) is 0 Å². The number of halogens is 3. The lowest BCUT2D eigenvalue weighted by Gasteiger charge is -2.12. The Hall–Kier alpha value is -1.92. The van der Waals surface area contributed by atoms with Crippen LogP contribution < -0.4 is 15.6 Å². The van der Waals surface area contributed by atoms with E-state index in [1.807, 2.05) is 0 Å². The quantitative estimate of drug-likeness (QED) is 0.737. The van der Waals surface area contributed by atoms with E-state index in [4.69, 9.17) is 5.73 Å². The number of alkyl halides is 3. The van der Waals surface area contributed by atoms with Crippen molar-refractivity contribution in [2.75, 3.05) is 5.73 Å². The summed E-state index contributed by atoms with van der Waals surface area (Å²) in [5, 5.41) is 10.4. The fraction of sp³-hybridized carbons (Fsp3) is 0.125. The summed E-state index contributed by atoms with van der Waals surface area (Å²) in [5.74, 6) is -2.32. The average molecular weight is 220 g/mol. The normalized spacial score (nSPS) is 11.1. The van der Waals surface area contributed by atoms with Crippen LogP contribution in [0.3, 0.4) is 0 Å². The van der Waals surface area contributed by atoms with Crippen LogP contribution in [0.2, 0.25) is 0 Å². The second kappa shape index (κ2) is 3.68. The number of nitrogens with two attached hydrogens (primary N) is 1. The number of hydrogen-bond donors (Lipinski definition) is 1. The molecule has 0 heterocycles. The number of carboxylic acid groups (broad SMARTS) is 1. The van der Waals surface area contributed by atoms with Gasteiger partial charge in [-0.2, -0.15) is 0 Å². The first kappa shape index (κ1) is 11.2. The van der Waals surface area contributed by atoms with Crippen LogP contribution in [0.5, 0.6) is 5.75 Å². The minimum atomic E-state index is -4.88.